The molecule has 1 unspecified atom stereocenters. The summed E-state index contributed by atoms with van der Waals surface area (Å²) in [7, 11) is 0. The minimum absolute atomic E-state index is 0.0375. The van der Waals surface area contributed by atoms with Crippen LogP contribution >= 0.6 is 11.6 Å². The van der Waals surface area contributed by atoms with Gasteiger partial charge in [-0.15, -0.1) is 0 Å². The van der Waals surface area contributed by atoms with Crippen molar-refractivity contribution in [3.63, 3.8) is 0 Å². The third-order valence-corrected chi connectivity index (χ3v) is 3.34. The molecule has 0 bridgehead atoms. The maximum Gasteiger partial charge on any atom is 0.179 e. The highest BCUT2D eigenvalue weighted by Gasteiger charge is 2.21. The van der Waals surface area contributed by atoms with Crippen molar-refractivity contribution in [1.82, 2.24) is 5.32 Å². The Kier molecular flexibility index (Phi) is 6.18. The lowest BCUT2D eigenvalue weighted by Crippen LogP contribution is -2.46. The molecule has 112 valence electrons. The van der Waals surface area contributed by atoms with E-state index in [0.29, 0.717) is 17.0 Å². The first-order valence-corrected chi connectivity index (χ1v) is 7.33. The molecule has 1 aromatic rings. The highest BCUT2D eigenvalue weighted by Crippen LogP contribution is 2.20. The van der Waals surface area contributed by atoms with Crippen molar-refractivity contribution in [2.75, 3.05) is 6.61 Å². The van der Waals surface area contributed by atoms with E-state index >= 15 is 0 Å². The Morgan fingerprint density at radius 2 is 2.05 bits per heavy atom. The smallest absolute Gasteiger partial charge is 0.179 e. The van der Waals surface area contributed by atoms with Crippen molar-refractivity contribution in [3.05, 3.63) is 34.3 Å². The quantitative estimate of drug-likeness (QED) is 0.793. The van der Waals surface area contributed by atoms with E-state index < -0.39 is 0 Å². The molecule has 0 aliphatic carbocycles. The predicted molar refractivity (Wildman–Crippen MR) is 83.5 cm³/mol. The number of hydrogen-bond acceptors (Lipinski definition) is 3. The van der Waals surface area contributed by atoms with Crippen molar-refractivity contribution in [3.8, 4) is 0 Å². The normalized spacial score (nSPS) is 13.3. The number of aryl methyl sites for hydroxylation is 1. The summed E-state index contributed by atoms with van der Waals surface area (Å²) in [6.45, 7) is 8.09. The zero-order valence-corrected chi connectivity index (χ0v) is 13.4. The van der Waals surface area contributed by atoms with Gasteiger partial charge in [-0.25, -0.2) is 0 Å². The summed E-state index contributed by atoms with van der Waals surface area (Å²) >= 11 is 6.19. The van der Waals surface area contributed by atoms with Crippen LogP contribution in [0.3, 0.4) is 0 Å². The number of Topliss-reactive ketones (excluding diaryl/α,β-unsaturated/α-hetero) is 1. The molecule has 0 saturated carbocycles. The summed E-state index contributed by atoms with van der Waals surface area (Å²) in [5.41, 5.74) is 1.47. The second-order valence-corrected chi connectivity index (χ2v) is 6.52. The van der Waals surface area contributed by atoms with Crippen LogP contribution in [-0.4, -0.2) is 29.1 Å². The van der Waals surface area contributed by atoms with Gasteiger partial charge in [0.25, 0.3) is 0 Å². The first-order valence-electron chi connectivity index (χ1n) is 6.96. The largest absolute Gasteiger partial charge is 0.396 e. The van der Waals surface area contributed by atoms with Crippen molar-refractivity contribution in [1.29, 1.82) is 0 Å². The molecule has 0 saturated heterocycles. The molecule has 0 fully saturated rings. The van der Waals surface area contributed by atoms with Gasteiger partial charge in [0.15, 0.2) is 5.78 Å². The maximum atomic E-state index is 12.3. The minimum atomic E-state index is -0.255. The van der Waals surface area contributed by atoms with Gasteiger partial charge in [-0.1, -0.05) is 23.7 Å². The fraction of sp³-hybridized carbons (Fsp3) is 0.562. The van der Waals surface area contributed by atoms with Gasteiger partial charge in [0, 0.05) is 22.7 Å². The summed E-state index contributed by atoms with van der Waals surface area (Å²) in [4.78, 5) is 12.3. The molecule has 3 nitrogen and oxygen atoms in total. The van der Waals surface area contributed by atoms with Gasteiger partial charge in [-0.2, -0.15) is 0 Å². The SMILES string of the molecule is CC(NC(C)(C)C)C(=O)c1ccc(CCCO)c(Cl)c1. The summed E-state index contributed by atoms with van der Waals surface area (Å²) in [5.74, 6) is 0.0375. The van der Waals surface area contributed by atoms with Crippen molar-refractivity contribution in [2.24, 2.45) is 0 Å². The van der Waals surface area contributed by atoms with E-state index in [2.05, 4.69) is 5.32 Å². The van der Waals surface area contributed by atoms with Gasteiger partial charge in [0.2, 0.25) is 0 Å². The highest BCUT2D eigenvalue weighted by atomic mass is 35.5. The molecule has 0 aromatic heterocycles. The van der Waals surface area contributed by atoms with Crippen LogP contribution in [0, 0.1) is 0 Å². The Morgan fingerprint density at radius 3 is 2.55 bits per heavy atom. The van der Waals surface area contributed by atoms with E-state index in [1.807, 2.05) is 39.8 Å². The second kappa shape index (κ2) is 7.21. The molecule has 1 atom stereocenters. The highest BCUT2D eigenvalue weighted by molar-refractivity contribution is 6.31. The Morgan fingerprint density at radius 1 is 1.40 bits per heavy atom. The standard InChI is InChI=1S/C16H24ClNO2/c1-11(18-16(2,3)4)15(20)13-8-7-12(6-5-9-19)14(17)10-13/h7-8,10-11,18-19H,5-6,9H2,1-4H3. The number of aliphatic hydroxyl groups is 1. The van der Waals surface area contributed by atoms with Crippen LogP contribution in [0.25, 0.3) is 0 Å². The topological polar surface area (TPSA) is 49.3 Å². The fourth-order valence-electron chi connectivity index (χ4n) is 2.14. The molecule has 0 amide bonds. The molecule has 0 heterocycles. The second-order valence-electron chi connectivity index (χ2n) is 6.11. The lowest BCUT2D eigenvalue weighted by Gasteiger charge is -2.25. The van der Waals surface area contributed by atoms with Gasteiger partial charge in [-0.05, 0) is 52.2 Å². The van der Waals surface area contributed by atoms with Crippen molar-refractivity contribution < 1.29 is 9.90 Å². The molecule has 0 aliphatic heterocycles. The number of aliphatic hydroxyl groups excluding tert-OH is 1. The molecular formula is C16H24ClNO2. The first kappa shape index (κ1) is 17.2. The van der Waals surface area contributed by atoms with Gasteiger partial charge in [-0.3, -0.25) is 4.79 Å². The van der Waals surface area contributed by atoms with Crippen LogP contribution in [0.5, 0.6) is 0 Å². The van der Waals surface area contributed by atoms with E-state index in [0.717, 1.165) is 12.0 Å². The first-order chi connectivity index (χ1) is 9.24. The summed E-state index contributed by atoms with van der Waals surface area (Å²) in [6, 6.07) is 5.14. The lowest BCUT2D eigenvalue weighted by molar-refractivity contribution is 0.0935. The predicted octanol–water partition coefficient (Wildman–Crippen LogP) is 3.22. The average molecular weight is 298 g/mol. The fourth-order valence-corrected chi connectivity index (χ4v) is 2.41. The molecular weight excluding hydrogens is 274 g/mol. The number of nitrogens with one attached hydrogen (secondary N) is 1. The molecule has 0 spiro atoms. The van der Waals surface area contributed by atoms with Crippen LogP contribution in [0.1, 0.15) is 50.0 Å². The van der Waals surface area contributed by atoms with Crippen molar-refractivity contribution >= 4 is 17.4 Å². The van der Waals surface area contributed by atoms with E-state index in [1.165, 1.54) is 0 Å². The van der Waals surface area contributed by atoms with Gasteiger partial charge >= 0.3 is 0 Å². The summed E-state index contributed by atoms with van der Waals surface area (Å²) in [5, 5.41) is 12.7. The number of halogens is 1. The molecule has 1 aromatic carbocycles. The van der Waals surface area contributed by atoms with Crippen LogP contribution in [0.4, 0.5) is 0 Å². The molecule has 0 radical (unpaired) electrons. The van der Waals surface area contributed by atoms with Gasteiger partial charge < -0.3 is 10.4 Å². The summed E-state index contributed by atoms with van der Waals surface area (Å²) in [6.07, 6.45) is 1.40. The van der Waals surface area contributed by atoms with Crippen molar-refractivity contribution in [2.45, 2.75) is 52.1 Å². The van der Waals surface area contributed by atoms with E-state index in [4.69, 9.17) is 16.7 Å². The number of hydrogen-bond donors (Lipinski definition) is 2. The van der Waals surface area contributed by atoms with Crippen LogP contribution in [-0.2, 0) is 6.42 Å². The van der Waals surface area contributed by atoms with Gasteiger partial charge in [0.05, 0.1) is 6.04 Å². The van der Waals surface area contributed by atoms with Crippen LogP contribution in [0.2, 0.25) is 5.02 Å². The van der Waals surface area contributed by atoms with Crippen LogP contribution < -0.4 is 5.32 Å². The van der Waals surface area contributed by atoms with E-state index in [1.54, 1.807) is 6.07 Å². The molecule has 2 N–H and O–H groups in total. The third-order valence-electron chi connectivity index (χ3n) is 2.98. The molecule has 4 heteroatoms. The Bertz CT molecular complexity index is 466. The monoisotopic (exact) mass is 297 g/mol. The van der Waals surface area contributed by atoms with Gasteiger partial charge in [0.1, 0.15) is 0 Å². The number of ketones is 1. The molecule has 0 aliphatic rings. The maximum absolute atomic E-state index is 12.3. The summed E-state index contributed by atoms with van der Waals surface area (Å²) < 4.78 is 0. The zero-order valence-electron chi connectivity index (χ0n) is 12.7. The average Bonchev–Trinajstić information content (AvgIpc) is 2.34. The Hall–Kier alpha value is -0.900. The lowest BCUT2D eigenvalue weighted by atomic mass is 9.99. The number of carbonyl (C=O) groups is 1. The zero-order chi connectivity index (χ0) is 15.3. The van der Waals surface area contributed by atoms with E-state index in [9.17, 15) is 4.79 Å². The molecule has 1 rings (SSSR count). The number of benzene rings is 1. The Balaban J connectivity index is 2.81. The van der Waals surface area contributed by atoms with Crippen LogP contribution in [0.15, 0.2) is 18.2 Å². The molecule has 20 heavy (non-hydrogen) atoms. The third kappa shape index (κ3) is 5.23. The minimum Gasteiger partial charge on any atom is -0.396 e. The number of rotatable bonds is 6. The Labute approximate surface area is 126 Å². The number of carbonyl (C=O) groups excluding carboxylic acids is 1. The van der Waals surface area contributed by atoms with E-state index in [-0.39, 0.29) is 24.0 Å².